The Hall–Kier alpha value is -6.38. The molecule has 5 aliphatic rings. The van der Waals surface area contributed by atoms with E-state index in [0.29, 0.717) is 0 Å². The highest BCUT2D eigenvalue weighted by Gasteiger charge is 2.61. The van der Waals surface area contributed by atoms with E-state index in [-0.39, 0.29) is 5.41 Å². The molecule has 1 spiro atoms. The van der Waals surface area contributed by atoms with Gasteiger partial charge in [-0.3, -0.25) is 0 Å². The van der Waals surface area contributed by atoms with Gasteiger partial charge >= 0.3 is 0 Å². The Bertz CT molecular complexity index is 3050. The first kappa shape index (κ1) is 32.7. The van der Waals surface area contributed by atoms with Gasteiger partial charge in [-0.2, -0.15) is 0 Å². The van der Waals surface area contributed by atoms with E-state index in [9.17, 15) is 0 Å². The van der Waals surface area contributed by atoms with Gasteiger partial charge in [0.15, 0.2) is 0 Å². The molecule has 0 saturated heterocycles. The Morgan fingerprint density at radius 3 is 1.86 bits per heavy atom. The van der Waals surface area contributed by atoms with E-state index in [2.05, 4.69) is 191 Å². The normalized spacial score (nSPS) is 22.6. The summed E-state index contributed by atoms with van der Waals surface area (Å²) in [6.45, 7) is 0. The standard InChI is InChI=1S/C56H44N2/c1-2-12-44(13-3-1)58-54-17-9-7-15-49(54)51-35-47(25-27-55(51)58)57(46-24-20-38-10-4-5-11-40(38)33-46)45-22-18-39(19-23-45)41-21-26-53-50(34-41)48-14-6-8-16-52(48)56(53)42-29-36-28-37(31-42)32-43(56)30-36/h1-27,33-37,42-43H,28-32H2. The fraction of sp³-hybridized carbons (Fsp3) is 0.179. The molecule has 0 unspecified atom stereocenters. The van der Waals surface area contributed by atoms with Crippen molar-refractivity contribution in [2.45, 2.75) is 37.5 Å². The third kappa shape index (κ3) is 4.60. The molecule has 0 N–H and O–H groups in total. The van der Waals surface area contributed by atoms with Crippen molar-refractivity contribution < 1.29 is 0 Å². The molecule has 1 aromatic heterocycles. The lowest BCUT2D eigenvalue weighted by Crippen LogP contribution is -2.55. The van der Waals surface area contributed by atoms with E-state index in [1.807, 2.05) is 0 Å². The molecule has 0 radical (unpaired) electrons. The van der Waals surface area contributed by atoms with Crippen molar-refractivity contribution in [3.63, 3.8) is 0 Å². The number of hydrogen-bond donors (Lipinski definition) is 0. The molecule has 4 fully saturated rings. The summed E-state index contributed by atoms with van der Waals surface area (Å²) in [6.07, 6.45) is 7.15. The summed E-state index contributed by atoms with van der Waals surface area (Å²) < 4.78 is 2.39. The van der Waals surface area contributed by atoms with Crippen LogP contribution in [0.4, 0.5) is 17.1 Å². The van der Waals surface area contributed by atoms with Gasteiger partial charge in [-0.15, -0.1) is 0 Å². The van der Waals surface area contributed by atoms with Crippen LogP contribution in [0.5, 0.6) is 0 Å². The van der Waals surface area contributed by atoms with Gasteiger partial charge in [0.05, 0.1) is 11.0 Å². The summed E-state index contributed by atoms with van der Waals surface area (Å²) in [6, 6.07) is 68.3. The van der Waals surface area contributed by atoms with Crippen molar-refractivity contribution in [3.05, 3.63) is 193 Å². The average molecular weight is 745 g/mol. The van der Waals surface area contributed by atoms with E-state index in [1.54, 1.807) is 11.1 Å². The molecule has 0 amide bonds. The number of aromatic nitrogens is 1. The van der Waals surface area contributed by atoms with Crippen molar-refractivity contribution in [2.24, 2.45) is 23.7 Å². The monoisotopic (exact) mass is 744 g/mol. The minimum Gasteiger partial charge on any atom is -0.310 e. The molecule has 5 aliphatic carbocycles. The molecule has 8 aromatic carbocycles. The second-order valence-corrected chi connectivity index (χ2v) is 17.8. The number of para-hydroxylation sites is 2. The summed E-state index contributed by atoms with van der Waals surface area (Å²) in [5.74, 6) is 3.47. The lowest BCUT2D eigenvalue weighted by atomic mass is 9.43. The number of nitrogens with zero attached hydrogens (tertiary/aromatic N) is 2. The molecule has 0 aliphatic heterocycles. The van der Waals surface area contributed by atoms with Gasteiger partial charge in [0, 0.05) is 38.9 Å². The van der Waals surface area contributed by atoms with Crippen molar-refractivity contribution >= 4 is 49.6 Å². The number of rotatable bonds is 5. The predicted octanol–water partition coefficient (Wildman–Crippen LogP) is 14.8. The Labute approximate surface area is 340 Å². The minimum atomic E-state index is 0.205. The molecule has 9 aromatic rings. The maximum Gasteiger partial charge on any atom is 0.0542 e. The largest absolute Gasteiger partial charge is 0.310 e. The Balaban J connectivity index is 0.931. The van der Waals surface area contributed by atoms with Crippen LogP contribution in [0, 0.1) is 23.7 Å². The van der Waals surface area contributed by atoms with Crippen molar-refractivity contribution in [2.75, 3.05) is 4.90 Å². The molecule has 14 rings (SSSR count). The number of hydrogen-bond acceptors (Lipinski definition) is 1. The third-order valence-electron chi connectivity index (χ3n) is 14.9. The van der Waals surface area contributed by atoms with Gasteiger partial charge in [0.1, 0.15) is 0 Å². The minimum absolute atomic E-state index is 0.205. The van der Waals surface area contributed by atoms with Crippen molar-refractivity contribution in [1.29, 1.82) is 0 Å². The zero-order valence-corrected chi connectivity index (χ0v) is 32.6. The van der Waals surface area contributed by atoms with Crippen molar-refractivity contribution in [3.8, 4) is 27.9 Å². The molecule has 4 saturated carbocycles. The first-order valence-electron chi connectivity index (χ1n) is 21.4. The smallest absolute Gasteiger partial charge is 0.0542 e. The van der Waals surface area contributed by atoms with Gasteiger partial charge in [-0.25, -0.2) is 0 Å². The van der Waals surface area contributed by atoms with Crippen LogP contribution in [0.15, 0.2) is 182 Å². The summed E-state index contributed by atoms with van der Waals surface area (Å²) >= 11 is 0. The zero-order valence-electron chi connectivity index (χ0n) is 32.6. The van der Waals surface area contributed by atoms with Gasteiger partial charge in [-0.05, 0) is 167 Å². The molecule has 58 heavy (non-hydrogen) atoms. The van der Waals surface area contributed by atoms with Gasteiger partial charge in [0.25, 0.3) is 0 Å². The number of fused-ring (bicyclic) bond motifs is 7. The lowest BCUT2D eigenvalue weighted by Gasteiger charge is -2.61. The van der Waals surface area contributed by atoms with Gasteiger partial charge < -0.3 is 9.47 Å². The Kier molecular flexibility index (Phi) is 6.94. The van der Waals surface area contributed by atoms with E-state index in [1.165, 1.54) is 92.6 Å². The van der Waals surface area contributed by atoms with Crippen LogP contribution < -0.4 is 4.90 Å². The molecule has 1 heterocycles. The highest BCUT2D eigenvalue weighted by Crippen LogP contribution is 2.69. The highest BCUT2D eigenvalue weighted by atomic mass is 15.1. The van der Waals surface area contributed by atoms with Crippen LogP contribution in [0.1, 0.15) is 43.2 Å². The maximum absolute atomic E-state index is 2.54. The molecule has 4 bridgehead atoms. The lowest BCUT2D eigenvalue weighted by molar-refractivity contribution is -0.0399. The quantitative estimate of drug-likeness (QED) is 0.170. The van der Waals surface area contributed by atoms with Crippen LogP contribution in [0.2, 0.25) is 0 Å². The van der Waals surface area contributed by atoms with Gasteiger partial charge in [-0.1, -0.05) is 115 Å². The zero-order chi connectivity index (χ0) is 38.0. The predicted molar refractivity (Wildman–Crippen MR) is 242 cm³/mol. The van der Waals surface area contributed by atoms with E-state index < -0.39 is 0 Å². The van der Waals surface area contributed by atoms with E-state index in [0.717, 1.165) is 40.7 Å². The maximum atomic E-state index is 2.54. The second kappa shape index (κ2) is 12.3. The average Bonchev–Trinajstić information content (AvgIpc) is 3.76. The summed E-state index contributed by atoms with van der Waals surface area (Å²) in [5, 5.41) is 4.98. The van der Waals surface area contributed by atoms with E-state index in [4.69, 9.17) is 0 Å². The summed E-state index contributed by atoms with van der Waals surface area (Å²) in [7, 11) is 0. The second-order valence-electron chi connectivity index (χ2n) is 17.8. The third-order valence-corrected chi connectivity index (χ3v) is 14.9. The first-order valence-corrected chi connectivity index (χ1v) is 21.4. The molecule has 2 nitrogen and oxygen atoms in total. The van der Waals surface area contributed by atoms with Crippen LogP contribution in [0.25, 0.3) is 60.5 Å². The number of benzene rings is 8. The fourth-order valence-electron chi connectivity index (χ4n) is 12.9. The van der Waals surface area contributed by atoms with Crippen molar-refractivity contribution in [1.82, 2.24) is 4.57 Å². The molecule has 0 atom stereocenters. The Morgan fingerprint density at radius 1 is 0.414 bits per heavy atom. The fourth-order valence-corrected chi connectivity index (χ4v) is 12.9. The van der Waals surface area contributed by atoms with Gasteiger partial charge in [0.2, 0.25) is 0 Å². The number of anilines is 3. The SMILES string of the molecule is c1ccc(-n2c3ccccc3c3cc(N(c4ccc(-c5ccc6c(c5)-c5ccccc5C65C6CC7CC(C6)CC5C7)cc4)c4ccc5ccccc5c4)ccc32)cc1. The Morgan fingerprint density at radius 2 is 1.03 bits per heavy atom. The summed E-state index contributed by atoms with van der Waals surface area (Å²) in [4.78, 5) is 2.43. The molecule has 2 heteroatoms. The first-order chi connectivity index (χ1) is 28.7. The molecular weight excluding hydrogens is 701 g/mol. The van der Waals surface area contributed by atoms with Crippen LogP contribution in [-0.2, 0) is 5.41 Å². The highest BCUT2D eigenvalue weighted by molar-refractivity contribution is 6.10. The van der Waals surface area contributed by atoms with Crippen LogP contribution in [0.3, 0.4) is 0 Å². The summed E-state index contributed by atoms with van der Waals surface area (Å²) in [5.41, 5.74) is 16.0. The van der Waals surface area contributed by atoms with Crippen LogP contribution >= 0.6 is 0 Å². The van der Waals surface area contributed by atoms with E-state index >= 15 is 0 Å². The topological polar surface area (TPSA) is 8.17 Å². The molecule has 278 valence electrons. The van der Waals surface area contributed by atoms with Crippen LogP contribution in [-0.4, -0.2) is 4.57 Å². The molecular formula is C56H44N2.